The number of aryl methyl sites for hydroxylation is 1. The van der Waals surface area contributed by atoms with Gasteiger partial charge in [0.1, 0.15) is 0 Å². The van der Waals surface area contributed by atoms with Crippen LogP contribution in [0.4, 0.5) is 0 Å². The molecule has 0 spiro atoms. The molecule has 0 aliphatic carbocycles. The molecule has 0 radical (unpaired) electrons. The van der Waals surface area contributed by atoms with E-state index in [1.165, 1.54) is 0 Å². The van der Waals surface area contributed by atoms with Gasteiger partial charge in [-0.05, 0) is 38.2 Å². The van der Waals surface area contributed by atoms with Gasteiger partial charge in [-0.15, -0.1) is 0 Å². The van der Waals surface area contributed by atoms with E-state index in [2.05, 4.69) is 0 Å². The summed E-state index contributed by atoms with van der Waals surface area (Å²) in [6.07, 6.45) is 0. The van der Waals surface area contributed by atoms with Gasteiger partial charge in [0, 0.05) is 17.2 Å². The molecule has 1 aromatic carbocycles. The average Bonchev–Trinajstić information content (AvgIpc) is 2.05. The van der Waals surface area contributed by atoms with Crippen LogP contribution in [0.3, 0.4) is 0 Å². The van der Waals surface area contributed by atoms with Crippen LogP contribution >= 0.6 is 10.7 Å². The molecule has 3 nitrogen and oxygen atoms in total. The fourth-order valence-electron chi connectivity index (χ4n) is 1.36. The van der Waals surface area contributed by atoms with Gasteiger partial charge < -0.3 is 4.90 Å². The van der Waals surface area contributed by atoms with E-state index < -0.39 is 9.05 Å². The van der Waals surface area contributed by atoms with Crippen molar-refractivity contribution in [1.29, 1.82) is 0 Å². The second-order valence-corrected chi connectivity index (χ2v) is 6.32. The molecule has 84 valence electrons. The highest BCUT2D eigenvalue weighted by molar-refractivity contribution is 8.13. The highest BCUT2D eigenvalue weighted by Gasteiger charge is 2.15. The molecular formula is C10H14ClNO2S. The molecule has 0 amide bonds. The van der Waals surface area contributed by atoms with E-state index in [9.17, 15) is 8.42 Å². The summed E-state index contributed by atoms with van der Waals surface area (Å²) in [4.78, 5) is 2.11. The molecule has 0 aliphatic rings. The third-order valence-electron chi connectivity index (χ3n) is 1.97. The lowest BCUT2D eigenvalue weighted by molar-refractivity contribution is 0.398. The number of nitrogens with zero attached hydrogens (tertiary/aromatic N) is 1. The number of hydrogen-bond donors (Lipinski definition) is 0. The zero-order valence-electron chi connectivity index (χ0n) is 8.99. The maximum Gasteiger partial charge on any atom is 0.261 e. The standard InChI is InChI=1S/C10H14ClNO2S/c1-8-4-5-9(7-12(2)3)10(6-8)15(11,13)14/h4-6H,7H2,1-3H3. The summed E-state index contributed by atoms with van der Waals surface area (Å²) in [7, 11) is 5.48. The number of rotatable bonds is 3. The largest absolute Gasteiger partial charge is 0.305 e. The van der Waals surface area contributed by atoms with E-state index >= 15 is 0 Å². The average molecular weight is 248 g/mol. The van der Waals surface area contributed by atoms with E-state index in [0.29, 0.717) is 6.54 Å². The molecule has 0 fully saturated rings. The van der Waals surface area contributed by atoms with Crippen LogP contribution in [0.15, 0.2) is 23.1 Å². The van der Waals surface area contributed by atoms with Crippen molar-refractivity contribution in [2.24, 2.45) is 0 Å². The molecule has 0 saturated heterocycles. The van der Waals surface area contributed by atoms with Crippen LogP contribution in [0.2, 0.25) is 0 Å². The molecule has 1 rings (SSSR count). The summed E-state index contributed by atoms with van der Waals surface area (Å²) < 4.78 is 22.7. The lowest BCUT2D eigenvalue weighted by Crippen LogP contribution is -2.13. The van der Waals surface area contributed by atoms with Crippen LogP contribution in [0.1, 0.15) is 11.1 Å². The van der Waals surface area contributed by atoms with Gasteiger partial charge in [-0.2, -0.15) is 0 Å². The summed E-state index contributed by atoms with van der Waals surface area (Å²) in [6, 6.07) is 5.27. The second kappa shape index (κ2) is 4.51. The SMILES string of the molecule is Cc1ccc(CN(C)C)c(S(=O)(=O)Cl)c1. The maximum atomic E-state index is 11.3. The van der Waals surface area contributed by atoms with Crippen LogP contribution in [-0.4, -0.2) is 27.4 Å². The monoisotopic (exact) mass is 247 g/mol. The predicted molar refractivity (Wildman–Crippen MR) is 61.6 cm³/mol. The quantitative estimate of drug-likeness (QED) is 0.767. The van der Waals surface area contributed by atoms with E-state index in [-0.39, 0.29) is 4.90 Å². The van der Waals surface area contributed by atoms with Crippen molar-refractivity contribution in [3.05, 3.63) is 29.3 Å². The zero-order valence-corrected chi connectivity index (χ0v) is 10.6. The Morgan fingerprint density at radius 3 is 2.40 bits per heavy atom. The number of hydrogen-bond acceptors (Lipinski definition) is 3. The first kappa shape index (κ1) is 12.5. The minimum atomic E-state index is -3.66. The first-order chi connectivity index (χ1) is 6.80. The minimum Gasteiger partial charge on any atom is -0.305 e. The van der Waals surface area contributed by atoms with Gasteiger partial charge in [0.05, 0.1) is 4.90 Å². The van der Waals surface area contributed by atoms with Gasteiger partial charge in [0.2, 0.25) is 0 Å². The third-order valence-corrected chi connectivity index (χ3v) is 3.38. The number of halogens is 1. The Hall–Kier alpha value is -0.580. The van der Waals surface area contributed by atoms with Gasteiger partial charge >= 0.3 is 0 Å². The molecule has 0 N–H and O–H groups in total. The summed E-state index contributed by atoms with van der Waals surface area (Å²) in [5, 5.41) is 0. The van der Waals surface area contributed by atoms with Crippen molar-refractivity contribution < 1.29 is 8.42 Å². The molecule has 0 aliphatic heterocycles. The summed E-state index contributed by atoms with van der Waals surface area (Å²) in [5.74, 6) is 0. The van der Waals surface area contributed by atoms with Crippen molar-refractivity contribution in [2.45, 2.75) is 18.4 Å². The molecule has 0 bridgehead atoms. The van der Waals surface area contributed by atoms with Gasteiger partial charge in [0.15, 0.2) is 0 Å². The molecular weight excluding hydrogens is 234 g/mol. The predicted octanol–water partition coefficient (Wildman–Crippen LogP) is 1.98. The fraction of sp³-hybridized carbons (Fsp3) is 0.400. The molecule has 0 saturated carbocycles. The summed E-state index contributed by atoms with van der Waals surface area (Å²) in [6.45, 7) is 2.40. The molecule has 5 heteroatoms. The second-order valence-electron chi connectivity index (χ2n) is 3.79. The van der Waals surface area contributed by atoms with Crippen LogP contribution in [-0.2, 0) is 15.6 Å². The molecule has 0 atom stereocenters. The Balaban J connectivity index is 3.27. The normalized spacial score (nSPS) is 12.1. The van der Waals surface area contributed by atoms with Crippen LogP contribution in [0.5, 0.6) is 0 Å². The van der Waals surface area contributed by atoms with Crippen molar-refractivity contribution in [1.82, 2.24) is 4.90 Å². The van der Waals surface area contributed by atoms with Crippen LogP contribution in [0.25, 0.3) is 0 Å². The van der Waals surface area contributed by atoms with Crippen molar-refractivity contribution >= 4 is 19.7 Å². The Labute approximate surface area is 95.1 Å². The summed E-state index contributed by atoms with van der Waals surface area (Å²) >= 11 is 0. The highest BCUT2D eigenvalue weighted by atomic mass is 35.7. The van der Waals surface area contributed by atoms with Crippen molar-refractivity contribution in [3.63, 3.8) is 0 Å². The Bertz CT molecular complexity index is 454. The highest BCUT2D eigenvalue weighted by Crippen LogP contribution is 2.22. The first-order valence-electron chi connectivity index (χ1n) is 4.49. The van der Waals surface area contributed by atoms with E-state index in [0.717, 1.165) is 11.1 Å². The minimum absolute atomic E-state index is 0.206. The van der Waals surface area contributed by atoms with Crippen LogP contribution < -0.4 is 0 Å². The van der Waals surface area contributed by atoms with Gasteiger partial charge in [-0.3, -0.25) is 0 Å². The first-order valence-corrected chi connectivity index (χ1v) is 6.80. The Morgan fingerprint density at radius 1 is 1.33 bits per heavy atom. The molecule has 0 unspecified atom stereocenters. The molecule has 15 heavy (non-hydrogen) atoms. The smallest absolute Gasteiger partial charge is 0.261 e. The van der Waals surface area contributed by atoms with Gasteiger partial charge in [-0.1, -0.05) is 12.1 Å². The molecule has 0 aromatic heterocycles. The van der Waals surface area contributed by atoms with Gasteiger partial charge in [-0.25, -0.2) is 8.42 Å². The molecule has 0 heterocycles. The Kier molecular flexibility index (Phi) is 3.76. The van der Waals surface area contributed by atoms with E-state index in [1.54, 1.807) is 12.1 Å². The number of benzene rings is 1. The van der Waals surface area contributed by atoms with Crippen LogP contribution in [0, 0.1) is 6.92 Å². The van der Waals surface area contributed by atoms with Crippen molar-refractivity contribution in [2.75, 3.05) is 14.1 Å². The summed E-state index contributed by atoms with van der Waals surface area (Å²) in [5.41, 5.74) is 1.61. The van der Waals surface area contributed by atoms with Crippen molar-refractivity contribution in [3.8, 4) is 0 Å². The third kappa shape index (κ3) is 3.48. The lowest BCUT2D eigenvalue weighted by atomic mass is 10.1. The fourth-order valence-corrected chi connectivity index (χ4v) is 2.56. The van der Waals surface area contributed by atoms with Gasteiger partial charge in [0.25, 0.3) is 9.05 Å². The van der Waals surface area contributed by atoms with E-state index in [1.807, 2.05) is 32.0 Å². The Morgan fingerprint density at radius 2 is 1.93 bits per heavy atom. The topological polar surface area (TPSA) is 37.4 Å². The molecule has 1 aromatic rings. The zero-order chi connectivity index (χ0) is 11.6. The lowest BCUT2D eigenvalue weighted by Gasteiger charge is -2.12. The van der Waals surface area contributed by atoms with E-state index in [4.69, 9.17) is 10.7 Å². The maximum absolute atomic E-state index is 11.3.